The minimum absolute atomic E-state index is 0.476. The highest BCUT2D eigenvalue weighted by atomic mass is 16.3. The number of rotatable bonds is 5. The third-order valence-electron chi connectivity index (χ3n) is 2.35. The lowest BCUT2D eigenvalue weighted by atomic mass is 10.2. The fourth-order valence-corrected chi connectivity index (χ4v) is 1.39. The number of aromatic nitrogens is 1. The van der Waals surface area contributed by atoms with E-state index in [0.29, 0.717) is 6.54 Å². The Bertz CT molecular complexity index is 247. The fraction of sp³-hybridized carbons (Fsp3) is 0.545. The normalized spacial score (nSPS) is 13.1. The molecular formula is C11H18N2O. The van der Waals surface area contributed by atoms with Crippen molar-refractivity contribution >= 4 is 0 Å². The molecule has 1 aromatic heterocycles. The minimum atomic E-state index is -0.476. The van der Waals surface area contributed by atoms with Crippen molar-refractivity contribution in [3.8, 4) is 0 Å². The molecule has 0 aliphatic carbocycles. The highest BCUT2D eigenvalue weighted by Crippen LogP contribution is 2.10. The van der Waals surface area contributed by atoms with E-state index < -0.39 is 6.10 Å². The van der Waals surface area contributed by atoms with E-state index in [4.69, 9.17) is 0 Å². The SMILES string of the molecule is CCN(CC)CC(O)c1ccccn1. The molecule has 1 rings (SSSR count). The van der Waals surface area contributed by atoms with E-state index in [1.807, 2.05) is 18.2 Å². The minimum Gasteiger partial charge on any atom is -0.385 e. The fourth-order valence-electron chi connectivity index (χ4n) is 1.39. The van der Waals surface area contributed by atoms with Crippen LogP contribution in [0.3, 0.4) is 0 Å². The van der Waals surface area contributed by atoms with Crippen molar-refractivity contribution in [2.24, 2.45) is 0 Å². The van der Waals surface area contributed by atoms with Crippen LogP contribution in [0.25, 0.3) is 0 Å². The van der Waals surface area contributed by atoms with E-state index in [1.54, 1.807) is 6.20 Å². The van der Waals surface area contributed by atoms with E-state index in [1.165, 1.54) is 0 Å². The van der Waals surface area contributed by atoms with Gasteiger partial charge in [-0.15, -0.1) is 0 Å². The Morgan fingerprint density at radius 1 is 1.36 bits per heavy atom. The lowest BCUT2D eigenvalue weighted by molar-refractivity contribution is 0.115. The highest BCUT2D eigenvalue weighted by molar-refractivity contribution is 5.06. The van der Waals surface area contributed by atoms with E-state index in [-0.39, 0.29) is 0 Å². The zero-order valence-electron chi connectivity index (χ0n) is 8.85. The second-order valence-corrected chi connectivity index (χ2v) is 3.26. The summed E-state index contributed by atoms with van der Waals surface area (Å²) < 4.78 is 0. The molecule has 1 atom stereocenters. The van der Waals surface area contributed by atoms with Gasteiger partial charge in [-0.3, -0.25) is 4.98 Å². The van der Waals surface area contributed by atoms with Gasteiger partial charge in [-0.2, -0.15) is 0 Å². The van der Waals surface area contributed by atoms with Crippen molar-refractivity contribution < 1.29 is 5.11 Å². The zero-order valence-corrected chi connectivity index (χ0v) is 8.85. The average Bonchev–Trinajstić information content (AvgIpc) is 2.26. The van der Waals surface area contributed by atoms with Crippen LogP contribution in [-0.2, 0) is 0 Å². The van der Waals surface area contributed by atoms with Gasteiger partial charge in [-0.1, -0.05) is 19.9 Å². The molecule has 78 valence electrons. The molecule has 1 aromatic rings. The van der Waals surface area contributed by atoms with Crippen molar-refractivity contribution in [2.45, 2.75) is 20.0 Å². The first-order valence-corrected chi connectivity index (χ1v) is 5.09. The zero-order chi connectivity index (χ0) is 10.4. The van der Waals surface area contributed by atoms with Gasteiger partial charge in [-0.25, -0.2) is 0 Å². The highest BCUT2D eigenvalue weighted by Gasteiger charge is 2.11. The maximum Gasteiger partial charge on any atom is 0.109 e. The lowest BCUT2D eigenvalue weighted by Gasteiger charge is -2.21. The van der Waals surface area contributed by atoms with Gasteiger partial charge in [0.2, 0.25) is 0 Å². The molecule has 0 radical (unpaired) electrons. The van der Waals surface area contributed by atoms with Crippen LogP contribution in [0.15, 0.2) is 24.4 Å². The van der Waals surface area contributed by atoms with Gasteiger partial charge in [0.15, 0.2) is 0 Å². The molecule has 3 heteroatoms. The Morgan fingerprint density at radius 3 is 2.57 bits per heavy atom. The number of aliphatic hydroxyl groups excluding tert-OH is 1. The Labute approximate surface area is 85.4 Å². The third-order valence-corrected chi connectivity index (χ3v) is 2.35. The van der Waals surface area contributed by atoms with Gasteiger partial charge in [0.25, 0.3) is 0 Å². The Hall–Kier alpha value is -0.930. The molecule has 1 N–H and O–H groups in total. The molecule has 1 heterocycles. The molecule has 0 spiro atoms. The standard InChI is InChI=1S/C11H18N2O/c1-3-13(4-2)9-11(14)10-7-5-6-8-12-10/h5-8,11,14H,3-4,9H2,1-2H3. The van der Waals surface area contributed by atoms with E-state index in [0.717, 1.165) is 18.8 Å². The van der Waals surface area contributed by atoms with Gasteiger partial charge >= 0.3 is 0 Å². The summed E-state index contributed by atoms with van der Waals surface area (Å²) in [5, 5.41) is 9.85. The van der Waals surface area contributed by atoms with Crippen molar-refractivity contribution in [2.75, 3.05) is 19.6 Å². The third kappa shape index (κ3) is 3.09. The van der Waals surface area contributed by atoms with Crippen LogP contribution in [0.4, 0.5) is 0 Å². The summed E-state index contributed by atoms with van der Waals surface area (Å²) in [7, 11) is 0. The van der Waals surface area contributed by atoms with E-state index in [2.05, 4.69) is 23.7 Å². The summed E-state index contributed by atoms with van der Waals surface area (Å²) in [6.07, 6.45) is 1.23. The quantitative estimate of drug-likeness (QED) is 0.771. The summed E-state index contributed by atoms with van der Waals surface area (Å²) in [6.45, 7) is 6.76. The number of hydrogen-bond acceptors (Lipinski definition) is 3. The summed E-state index contributed by atoms with van der Waals surface area (Å²) in [6, 6.07) is 5.61. The lowest BCUT2D eigenvalue weighted by Crippen LogP contribution is -2.28. The number of pyridine rings is 1. The molecule has 0 saturated carbocycles. The number of nitrogens with zero attached hydrogens (tertiary/aromatic N) is 2. The summed E-state index contributed by atoms with van der Waals surface area (Å²) in [5.41, 5.74) is 0.749. The van der Waals surface area contributed by atoms with Crippen molar-refractivity contribution in [3.63, 3.8) is 0 Å². The largest absolute Gasteiger partial charge is 0.385 e. The van der Waals surface area contributed by atoms with Crippen LogP contribution in [0, 0.1) is 0 Å². The Balaban J connectivity index is 2.54. The van der Waals surface area contributed by atoms with Crippen LogP contribution < -0.4 is 0 Å². The molecule has 1 unspecified atom stereocenters. The van der Waals surface area contributed by atoms with Crippen LogP contribution >= 0.6 is 0 Å². The number of aliphatic hydroxyl groups is 1. The van der Waals surface area contributed by atoms with Crippen LogP contribution in [-0.4, -0.2) is 34.6 Å². The van der Waals surface area contributed by atoms with Crippen molar-refractivity contribution in [1.82, 2.24) is 9.88 Å². The van der Waals surface area contributed by atoms with Gasteiger partial charge in [0, 0.05) is 12.7 Å². The molecular weight excluding hydrogens is 176 g/mol. The summed E-state index contributed by atoms with van der Waals surface area (Å²) >= 11 is 0. The molecule has 0 aromatic carbocycles. The van der Waals surface area contributed by atoms with Gasteiger partial charge in [0.1, 0.15) is 6.10 Å². The number of hydrogen-bond donors (Lipinski definition) is 1. The van der Waals surface area contributed by atoms with Crippen LogP contribution in [0.5, 0.6) is 0 Å². The molecule has 0 bridgehead atoms. The first-order chi connectivity index (χ1) is 6.77. The maximum atomic E-state index is 9.85. The predicted octanol–water partition coefficient (Wildman–Crippen LogP) is 1.46. The molecule has 14 heavy (non-hydrogen) atoms. The maximum absolute atomic E-state index is 9.85. The predicted molar refractivity (Wildman–Crippen MR) is 57.0 cm³/mol. The van der Waals surface area contributed by atoms with E-state index in [9.17, 15) is 5.11 Å². The van der Waals surface area contributed by atoms with Crippen molar-refractivity contribution in [3.05, 3.63) is 30.1 Å². The summed E-state index contributed by atoms with van der Waals surface area (Å²) in [4.78, 5) is 6.30. The smallest absolute Gasteiger partial charge is 0.109 e. The van der Waals surface area contributed by atoms with Crippen LogP contribution in [0.2, 0.25) is 0 Å². The summed E-state index contributed by atoms with van der Waals surface area (Å²) in [5.74, 6) is 0. The van der Waals surface area contributed by atoms with E-state index >= 15 is 0 Å². The molecule has 0 amide bonds. The van der Waals surface area contributed by atoms with Crippen LogP contribution in [0.1, 0.15) is 25.6 Å². The molecule has 0 saturated heterocycles. The first kappa shape index (κ1) is 11.1. The topological polar surface area (TPSA) is 36.4 Å². The Morgan fingerprint density at radius 2 is 2.07 bits per heavy atom. The second-order valence-electron chi connectivity index (χ2n) is 3.26. The first-order valence-electron chi connectivity index (χ1n) is 5.09. The molecule has 0 aliphatic rings. The molecule has 3 nitrogen and oxygen atoms in total. The van der Waals surface area contributed by atoms with Gasteiger partial charge < -0.3 is 10.0 Å². The molecule has 0 fully saturated rings. The molecule has 0 aliphatic heterocycles. The van der Waals surface area contributed by atoms with Gasteiger partial charge in [-0.05, 0) is 25.2 Å². The van der Waals surface area contributed by atoms with Crippen molar-refractivity contribution in [1.29, 1.82) is 0 Å². The Kier molecular flexibility index (Phi) is 4.56. The van der Waals surface area contributed by atoms with Gasteiger partial charge in [0.05, 0.1) is 5.69 Å². The second kappa shape index (κ2) is 5.73. The number of likely N-dealkylation sites (N-methyl/N-ethyl adjacent to an activating group) is 1. The monoisotopic (exact) mass is 194 g/mol. The average molecular weight is 194 g/mol.